The Bertz CT molecular complexity index is 1000. The van der Waals surface area contributed by atoms with E-state index in [1.807, 2.05) is 48.5 Å². The fraction of sp³-hybridized carbons (Fsp3) is 0.100. The lowest BCUT2D eigenvalue weighted by Gasteiger charge is -2.25. The molecule has 0 radical (unpaired) electrons. The van der Waals surface area contributed by atoms with Crippen LogP contribution in [0.3, 0.4) is 0 Å². The number of ether oxygens (including phenoxy) is 2. The molecule has 1 aliphatic rings. The van der Waals surface area contributed by atoms with Crippen molar-refractivity contribution in [2.75, 3.05) is 11.1 Å². The summed E-state index contributed by atoms with van der Waals surface area (Å²) in [5, 5.41) is 0. The highest BCUT2D eigenvalue weighted by Crippen LogP contribution is 2.35. The molecule has 0 bridgehead atoms. The van der Waals surface area contributed by atoms with Crippen molar-refractivity contribution < 1.29 is 17.9 Å². The van der Waals surface area contributed by atoms with Crippen LogP contribution in [0.1, 0.15) is 5.56 Å². The molecule has 0 spiro atoms. The third-order valence-electron chi connectivity index (χ3n) is 4.15. The Morgan fingerprint density at radius 1 is 0.808 bits per heavy atom. The maximum Gasteiger partial charge on any atom is 0.264 e. The van der Waals surface area contributed by atoms with Gasteiger partial charge in [-0.15, -0.1) is 0 Å². The number of hydrogen-bond donors (Lipinski definition) is 0. The predicted octanol–water partition coefficient (Wildman–Crippen LogP) is 3.81. The minimum Gasteiger partial charge on any atom is -0.454 e. The van der Waals surface area contributed by atoms with Crippen molar-refractivity contribution in [1.82, 2.24) is 0 Å². The summed E-state index contributed by atoms with van der Waals surface area (Å²) in [5.41, 5.74) is 1.51. The summed E-state index contributed by atoms with van der Waals surface area (Å²) in [6.45, 7) is 0.340. The minimum atomic E-state index is -3.78. The molecule has 0 N–H and O–H groups in total. The van der Waals surface area contributed by atoms with Gasteiger partial charge in [0.25, 0.3) is 10.0 Å². The van der Waals surface area contributed by atoms with Crippen molar-refractivity contribution in [3.8, 4) is 11.5 Å². The molecular formula is C20H17NO4S. The zero-order valence-electron chi connectivity index (χ0n) is 13.9. The fourth-order valence-electron chi connectivity index (χ4n) is 2.82. The Balaban J connectivity index is 1.77. The van der Waals surface area contributed by atoms with Gasteiger partial charge in [-0.1, -0.05) is 48.5 Å². The SMILES string of the molecule is O=S(=O)(c1ccc2c(c1)OCO2)N(Cc1ccccc1)c1ccccc1. The van der Waals surface area contributed by atoms with Crippen molar-refractivity contribution >= 4 is 15.7 Å². The molecule has 0 aliphatic carbocycles. The molecule has 132 valence electrons. The van der Waals surface area contributed by atoms with Gasteiger partial charge >= 0.3 is 0 Å². The van der Waals surface area contributed by atoms with E-state index in [0.29, 0.717) is 17.2 Å². The Hall–Kier alpha value is -2.99. The number of anilines is 1. The molecule has 4 rings (SSSR count). The first-order valence-electron chi connectivity index (χ1n) is 8.16. The first-order valence-corrected chi connectivity index (χ1v) is 9.60. The number of hydrogen-bond acceptors (Lipinski definition) is 4. The zero-order valence-corrected chi connectivity index (χ0v) is 14.7. The quantitative estimate of drug-likeness (QED) is 0.688. The van der Waals surface area contributed by atoms with Gasteiger partial charge in [-0.25, -0.2) is 8.42 Å². The van der Waals surface area contributed by atoms with Gasteiger partial charge in [0.1, 0.15) is 0 Å². The number of fused-ring (bicyclic) bond motifs is 1. The molecule has 1 aliphatic heterocycles. The Morgan fingerprint density at radius 2 is 1.46 bits per heavy atom. The summed E-state index contributed by atoms with van der Waals surface area (Å²) >= 11 is 0. The lowest BCUT2D eigenvalue weighted by Crippen LogP contribution is -2.30. The minimum absolute atomic E-state index is 0.102. The van der Waals surface area contributed by atoms with E-state index in [4.69, 9.17) is 9.47 Å². The molecule has 0 fully saturated rings. The van der Waals surface area contributed by atoms with E-state index in [2.05, 4.69) is 0 Å². The normalized spacial score (nSPS) is 12.8. The first-order chi connectivity index (χ1) is 12.6. The fourth-order valence-corrected chi connectivity index (χ4v) is 4.29. The van der Waals surface area contributed by atoms with Gasteiger partial charge in [0, 0.05) is 6.07 Å². The van der Waals surface area contributed by atoms with Crippen LogP contribution in [0.15, 0.2) is 83.8 Å². The van der Waals surface area contributed by atoms with E-state index >= 15 is 0 Å². The third kappa shape index (κ3) is 3.11. The summed E-state index contributed by atoms with van der Waals surface area (Å²) in [6.07, 6.45) is 0. The Morgan fingerprint density at radius 3 is 2.19 bits per heavy atom. The van der Waals surface area contributed by atoms with Crippen LogP contribution < -0.4 is 13.8 Å². The number of benzene rings is 3. The van der Waals surface area contributed by atoms with Crippen LogP contribution in [0, 0.1) is 0 Å². The van der Waals surface area contributed by atoms with Gasteiger partial charge in [-0.2, -0.15) is 0 Å². The molecule has 1 heterocycles. The summed E-state index contributed by atoms with van der Waals surface area (Å²) in [7, 11) is -3.78. The van der Waals surface area contributed by atoms with Crippen molar-refractivity contribution in [2.45, 2.75) is 11.4 Å². The van der Waals surface area contributed by atoms with Crippen LogP contribution in [-0.2, 0) is 16.6 Å². The van der Waals surface area contributed by atoms with Crippen molar-refractivity contribution in [2.24, 2.45) is 0 Å². The maximum atomic E-state index is 13.4. The lowest BCUT2D eigenvalue weighted by molar-refractivity contribution is 0.174. The summed E-state index contributed by atoms with van der Waals surface area (Å²) in [5.74, 6) is 0.997. The van der Waals surface area contributed by atoms with E-state index in [9.17, 15) is 8.42 Å². The topological polar surface area (TPSA) is 55.8 Å². The summed E-state index contributed by atoms with van der Waals surface area (Å²) in [4.78, 5) is 0.168. The van der Waals surface area contributed by atoms with Crippen LogP contribution in [0.5, 0.6) is 11.5 Å². The Kier molecular flexibility index (Phi) is 4.26. The van der Waals surface area contributed by atoms with Gasteiger partial charge in [0.2, 0.25) is 6.79 Å². The molecular weight excluding hydrogens is 350 g/mol. The van der Waals surface area contributed by atoms with E-state index in [1.165, 1.54) is 10.4 Å². The van der Waals surface area contributed by atoms with Crippen molar-refractivity contribution in [1.29, 1.82) is 0 Å². The number of para-hydroxylation sites is 1. The van der Waals surface area contributed by atoms with Crippen molar-refractivity contribution in [3.63, 3.8) is 0 Å². The molecule has 0 unspecified atom stereocenters. The largest absolute Gasteiger partial charge is 0.454 e. The lowest BCUT2D eigenvalue weighted by atomic mass is 10.2. The zero-order chi connectivity index (χ0) is 18.0. The van der Waals surface area contributed by atoms with Crippen LogP contribution in [0.2, 0.25) is 0 Å². The van der Waals surface area contributed by atoms with Gasteiger partial charge in [0.05, 0.1) is 17.1 Å². The van der Waals surface area contributed by atoms with E-state index < -0.39 is 10.0 Å². The molecule has 26 heavy (non-hydrogen) atoms. The molecule has 0 aromatic heterocycles. The molecule has 6 heteroatoms. The van der Waals surface area contributed by atoms with Gasteiger partial charge in [-0.05, 0) is 29.8 Å². The average molecular weight is 367 g/mol. The molecule has 0 atom stereocenters. The number of rotatable bonds is 5. The summed E-state index contributed by atoms with van der Waals surface area (Å²) in [6, 6.07) is 23.3. The first kappa shape index (κ1) is 16.5. The molecule has 0 saturated heterocycles. The smallest absolute Gasteiger partial charge is 0.264 e. The predicted molar refractivity (Wildman–Crippen MR) is 98.8 cm³/mol. The molecule has 5 nitrogen and oxygen atoms in total. The van der Waals surface area contributed by atoms with Crippen LogP contribution in [0.25, 0.3) is 0 Å². The maximum absolute atomic E-state index is 13.4. The van der Waals surface area contributed by atoms with Crippen LogP contribution in [-0.4, -0.2) is 15.2 Å². The van der Waals surface area contributed by atoms with Crippen LogP contribution in [0.4, 0.5) is 5.69 Å². The highest BCUT2D eigenvalue weighted by Gasteiger charge is 2.27. The van der Waals surface area contributed by atoms with Crippen LogP contribution >= 0.6 is 0 Å². The second-order valence-electron chi connectivity index (χ2n) is 5.85. The van der Waals surface area contributed by atoms with Gasteiger partial charge < -0.3 is 9.47 Å². The van der Waals surface area contributed by atoms with E-state index in [1.54, 1.807) is 24.3 Å². The second-order valence-corrected chi connectivity index (χ2v) is 7.71. The number of nitrogens with zero attached hydrogens (tertiary/aromatic N) is 1. The van der Waals surface area contributed by atoms with E-state index in [0.717, 1.165) is 5.56 Å². The summed E-state index contributed by atoms with van der Waals surface area (Å²) < 4.78 is 38.7. The molecule has 3 aromatic rings. The molecule has 0 amide bonds. The highest BCUT2D eigenvalue weighted by atomic mass is 32.2. The van der Waals surface area contributed by atoms with Crippen molar-refractivity contribution in [3.05, 3.63) is 84.4 Å². The van der Waals surface area contributed by atoms with Gasteiger partial charge in [-0.3, -0.25) is 4.31 Å². The second kappa shape index (κ2) is 6.72. The standard InChI is InChI=1S/C20H17NO4S/c22-26(23,18-11-12-19-20(13-18)25-15-24-19)21(17-9-5-2-6-10-17)14-16-7-3-1-4-8-16/h1-13H,14-15H2. The third-order valence-corrected chi connectivity index (χ3v) is 5.92. The Labute approximate surface area is 152 Å². The van der Waals surface area contributed by atoms with Gasteiger partial charge in [0.15, 0.2) is 11.5 Å². The monoisotopic (exact) mass is 367 g/mol. The number of sulfonamides is 1. The average Bonchev–Trinajstić information content (AvgIpc) is 3.15. The molecule has 0 saturated carbocycles. The molecule has 3 aromatic carbocycles. The highest BCUT2D eigenvalue weighted by molar-refractivity contribution is 7.92. The van der Waals surface area contributed by atoms with E-state index in [-0.39, 0.29) is 18.2 Å².